The Labute approximate surface area is 328 Å². The highest BCUT2D eigenvalue weighted by Gasteiger charge is 2.24. The van der Waals surface area contributed by atoms with E-state index in [-0.39, 0.29) is 0 Å². The van der Waals surface area contributed by atoms with Crippen LogP contribution < -0.4 is 4.90 Å². The van der Waals surface area contributed by atoms with E-state index in [1.807, 2.05) is 0 Å². The first-order chi connectivity index (χ1) is 28.3. The Balaban J connectivity index is 1.09. The van der Waals surface area contributed by atoms with E-state index in [1.54, 1.807) is 0 Å². The average Bonchev–Trinajstić information content (AvgIpc) is 3.84. The van der Waals surface area contributed by atoms with Crippen LogP contribution in [0.4, 0.5) is 17.1 Å². The Morgan fingerprint density at radius 2 is 0.947 bits per heavy atom. The highest BCUT2D eigenvalue weighted by atomic mass is 16.3. The SMILES string of the molecule is c1ccc(-n2c3ccccc3c3cc(-c4ccc(N(c5cc6ccccc6c6ccccc56)c5cc6ccccc6c6oc7ccccc7c56)cc4)ccc32)cc1. The number of furan rings is 1. The summed E-state index contributed by atoms with van der Waals surface area (Å²) in [5, 5.41) is 11.8. The fourth-order valence-electron chi connectivity index (χ4n) is 9.15. The lowest BCUT2D eigenvalue weighted by Gasteiger charge is -2.29. The normalized spacial score (nSPS) is 11.9. The average molecular weight is 727 g/mol. The quantitative estimate of drug-likeness (QED) is 0.165. The van der Waals surface area contributed by atoms with Crippen molar-refractivity contribution in [2.24, 2.45) is 0 Å². The molecule has 3 nitrogen and oxygen atoms in total. The van der Waals surface area contributed by atoms with E-state index in [4.69, 9.17) is 4.42 Å². The topological polar surface area (TPSA) is 21.3 Å². The van der Waals surface area contributed by atoms with Gasteiger partial charge in [0.05, 0.1) is 27.8 Å². The minimum Gasteiger partial charge on any atom is -0.455 e. The summed E-state index contributed by atoms with van der Waals surface area (Å²) in [4.78, 5) is 2.45. The van der Waals surface area contributed by atoms with Crippen LogP contribution in [0.15, 0.2) is 211 Å². The lowest BCUT2D eigenvalue weighted by Crippen LogP contribution is -2.11. The molecule has 12 rings (SSSR count). The lowest BCUT2D eigenvalue weighted by atomic mass is 9.97. The van der Waals surface area contributed by atoms with Gasteiger partial charge in [-0.2, -0.15) is 0 Å². The summed E-state index contributed by atoms with van der Waals surface area (Å²) in [6.45, 7) is 0. The van der Waals surface area contributed by atoms with E-state index in [0.29, 0.717) is 0 Å². The molecule has 0 amide bonds. The molecule has 0 fully saturated rings. The number of aromatic nitrogens is 1. The van der Waals surface area contributed by atoms with Crippen molar-refractivity contribution in [2.75, 3.05) is 4.90 Å². The smallest absolute Gasteiger partial charge is 0.145 e. The number of anilines is 3. The molecule has 0 aliphatic rings. The fraction of sp³-hybridized carbons (Fsp3) is 0. The van der Waals surface area contributed by atoms with Crippen LogP contribution in [0.2, 0.25) is 0 Å². The second-order valence-corrected chi connectivity index (χ2v) is 14.9. The standard InChI is InChI=1S/C54H34N2O/c1-2-16-39(17-3-1)55-48-24-12-10-22-45(48)47-32-36(28-31-49(47)55)35-26-29-40(30-27-35)56(50-33-37-14-4-6-18-41(37)43-20-8-9-21-44(43)50)51-34-38-15-5-7-19-42(38)54-53(51)46-23-11-13-25-52(46)57-54/h1-34H. The number of nitrogens with zero attached hydrogens (tertiary/aromatic N) is 2. The van der Waals surface area contributed by atoms with E-state index in [1.165, 1.54) is 48.9 Å². The fourth-order valence-corrected chi connectivity index (χ4v) is 9.15. The van der Waals surface area contributed by atoms with Crippen molar-refractivity contribution < 1.29 is 4.42 Å². The van der Waals surface area contributed by atoms with Crippen molar-refractivity contribution in [3.05, 3.63) is 206 Å². The summed E-state index contributed by atoms with van der Waals surface area (Å²) in [6, 6.07) is 74.5. The van der Waals surface area contributed by atoms with Gasteiger partial charge >= 0.3 is 0 Å². The van der Waals surface area contributed by atoms with Crippen LogP contribution in [-0.2, 0) is 0 Å². The second kappa shape index (κ2) is 12.5. The minimum absolute atomic E-state index is 0.882. The van der Waals surface area contributed by atoms with Gasteiger partial charge in [0, 0.05) is 38.3 Å². The third-order valence-corrected chi connectivity index (χ3v) is 11.7. The van der Waals surface area contributed by atoms with Crippen molar-refractivity contribution in [1.29, 1.82) is 0 Å². The van der Waals surface area contributed by atoms with Gasteiger partial charge in [-0.05, 0) is 93.3 Å². The van der Waals surface area contributed by atoms with E-state index in [0.717, 1.165) is 61.0 Å². The first kappa shape index (κ1) is 31.7. The van der Waals surface area contributed by atoms with Gasteiger partial charge in [-0.25, -0.2) is 0 Å². The zero-order valence-corrected chi connectivity index (χ0v) is 30.9. The predicted octanol–water partition coefficient (Wildman–Crippen LogP) is 15.3. The number of para-hydroxylation sites is 3. The molecule has 10 aromatic carbocycles. The summed E-state index contributed by atoms with van der Waals surface area (Å²) in [6.07, 6.45) is 0. The van der Waals surface area contributed by atoms with Gasteiger partial charge in [-0.15, -0.1) is 0 Å². The zero-order valence-electron chi connectivity index (χ0n) is 30.9. The van der Waals surface area contributed by atoms with Crippen molar-refractivity contribution in [3.63, 3.8) is 0 Å². The molecule has 2 aromatic heterocycles. The third kappa shape index (κ3) is 4.86. The van der Waals surface area contributed by atoms with E-state index in [9.17, 15) is 0 Å². The molecule has 0 saturated carbocycles. The molecule has 0 saturated heterocycles. The first-order valence-corrected chi connectivity index (χ1v) is 19.5. The van der Waals surface area contributed by atoms with Crippen LogP contribution in [0.5, 0.6) is 0 Å². The maximum atomic E-state index is 6.73. The van der Waals surface area contributed by atoms with Crippen LogP contribution in [0, 0.1) is 0 Å². The molecule has 0 radical (unpaired) electrons. The van der Waals surface area contributed by atoms with Crippen LogP contribution in [0.3, 0.4) is 0 Å². The molecule has 266 valence electrons. The number of benzene rings is 10. The van der Waals surface area contributed by atoms with E-state index in [2.05, 4.69) is 216 Å². The minimum atomic E-state index is 0.882. The van der Waals surface area contributed by atoms with Gasteiger partial charge in [0.2, 0.25) is 0 Å². The molecule has 2 heterocycles. The maximum Gasteiger partial charge on any atom is 0.145 e. The van der Waals surface area contributed by atoms with Gasteiger partial charge < -0.3 is 13.9 Å². The van der Waals surface area contributed by atoms with Crippen molar-refractivity contribution in [2.45, 2.75) is 0 Å². The lowest BCUT2D eigenvalue weighted by molar-refractivity contribution is 0.672. The Kier molecular flexibility index (Phi) is 6.93. The summed E-state index contributed by atoms with van der Waals surface area (Å²) < 4.78 is 9.10. The van der Waals surface area contributed by atoms with E-state index < -0.39 is 0 Å². The zero-order chi connectivity index (χ0) is 37.5. The molecule has 0 aliphatic carbocycles. The molecule has 3 heteroatoms. The van der Waals surface area contributed by atoms with Crippen molar-refractivity contribution in [1.82, 2.24) is 4.57 Å². The number of hydrogen-bond acceptors (Lipinski definition) is 2. The molecule has 57 heavy (non-hydrogen) atoms. The largest absolute Gasteiger partial charge is 0.455 e. The highest BCUT2D eigenvalue weighted by Crippen LogP contribution is 2.49. The summed E-state index contributed by atoms with van der Waals surface area (Å²) >= 11 is 0. The Hall–Kier alpha value is -7.62. The maximum absolute atomic E-state index is 6.73. The molecule has 12 aromatic rings. The highest BCUT2D eigenvalue weighted by molar-refractivity contribution is 6.23. The summed E-state index contributed by atoms with van der Waals surface area (Å²) in [5.74, 6) is 0. The molecular formula is C54H34N2O. The van der Waals surface area contributed by atoms with Crippen LogP contribution in [-0.4, -0.2) is 4.57 Å². The predicted molar refractivity (Wildman–Crippen MR) is 241 cm³/mol. The van der Waals surface area contributed by atoms with Gasteiger partial charge in [-0.1, -0.05) is 146 Å². The summed E-state index contributed by atoms with van der Waals surface area (Å²) in [7, 11) is 0. The Morgan fingerprint density at radius 1 is 0.368 bits per heavy atom. The van der Waals surface area contributed by atoms with E-state index >= 15 is 0 Å². The van der Waals surface area contributed by atoms with Crippen molar-refractivity contribution >= 4 is 93.1 Å². The molecule has 0 N–H and O–H groups in total. The summed E-state index contributed by atoms with van der Waals surface area (Å²) in [5.41, 5.74) is 11.0. The number of hydrogen-bond donors (Lipinski definition) is 0. The molecule has 0 spiro atoms. The van der Waals surface area contributed by atoms with Crippen LogP contribution >= 0.6 is 0 Å². The first-order valence-electron chi connectivity index (χ1n) is 19.5. The van der Waals surface area contributed by atoms with Gasteiger partial charge in [0.15, 0.2) is 0 Å². The Bertz CT molecular complexity index is 3520. The molecule has 0 aliphatic heterocycles. The van der Waals surface area contributed by atoms with Gasteiger partial charge in [-0.3, -0.25) is 0 Å². The number of rotatable bonds is 5. The van der Waals surface area contributed by atoms with Gasteiger partial charge in [0.1, 0.15) is 11.2 Å². The van der Waals surface area contributed by atoms with Crippen molar-refractivity contribution in [3.8, 4) is 16.8 Å². The monoisotopic (exact) mass is 726 g/mol. The van der Waals surface area contributed by atoms with Crippen LogP contribution in [0.25, 0.3) is 92.9 Å². The van der Waals surface area contributed by atoms with Gasteiger partial charge in [0.25, 0.3) is 0 Å². The molecular weight excluding hydrogens is 693 g/mol. The Morgan fingerprint density at radius 3 is 1.75 bits per heavy atom. The third-order valence-electron chi connectivity index (χ3n) is 11.7. The van der Waals surface area contributed by atoms with Crippen LogP contribution in [0.1, 0.15) is 0 Å². The second-order valence-electron chi connectivity index (χ2n) is 14.9. The molecule has 0 unspecified atom stereocenters. The molecule has 0 bridgehead atoms. The number of fused-ring (bicyclic) bond motifs is 11. The molecule has 0 atom stereocenters.